The van der Waals surface area contributed by atoms with Crippen molar-refractivity contribution in [2.24, 2.45) is 5.92 Å². The molecule has 1 atom stereocenters. The maximum absolute atomic E-state index is 12.4. The van der Waals surface area contributed by atoms with Crippen LogP contribution < -0.4 is 0 Å². The highest BCUT2D eigenvalue weighted by atomic mass is 32.2. The summed E-state index contributed by atoms with van der Waals surface area (Å²) in [6.45, 7) is 0. The zero-order valence-electron chi connectivity index (χ0n) is 13.4. The molecule has 2 fully saturated rings. The van der Waals surface area contributed by atoms with E-state index in [1.54, 1.807) is 7.11 Å². The van der Waals surface area contributed by atoms with Crippen LogP contribution in [-0.2, 0) is 9.53 Å². The zero-order valence-corrected chi connectivity index (χ0v) is 15.0. The van der Waals surface area contributed by atoms with Crippen molar-refractivity contribution in [1.82, 2.24) is 0 Å². The fourth-order valence-electron chi connectivity index (χ4n) is 3.55. The van der Waals surface area contributed by atoms with Gasteiger partial charge in [-0.2, -0.15) is 0 Å². The molecule has 1 heterocycles. The van der Waals surface area contributed by atoms with Crippen LogP contribution in [0.5, 0.6) is 0 Å². The van der Waals surface area contributed by atoms with Crippen LogP contribution in [-0.4, -0.2) is 28.7 Å². The number of hydrogen-bond donors (Lipinski definition) is 0. The molecule has 2 aliphatic rings. The molecular formula is C17H30O2S2. The summed E-state index contributed by atoms with van der Waals surface area (Å²) in [6, 6.07) is 0. The van der Waals surface area contributed by atoms with Crippen LogP contribution >= 0.6 is 23.5 Å². The second-order valence-corrected chi connectivity index (χ2v) is 9.41. The summed E-state index contributed by atoms with van der Waals surface area (Å²) in [6.07, 6.45) is 14.0. The number of carbonyl (C=O) groups is 1. The van der Waals surface area contributed by atoms with Crippen LogP contribution in [0.4, 0.5) is 0 Å². The van der Waals surface area contributed by atoms with E-state index in [0.717, 1.165) is 6.42 Å². The van der Waals surface area contributed by atoms with Crippen molar-refractivity contribution in [3.63, 3.8) is 0 Å². The van der Waals surface area contributed by atoms with E-state index in [0.29, 0.717) is 0 Å². The molecule has 0 aromatic rings. The number of esters is 1. The monoisotopic (exact) mass is 330 g/mol. The van der Waals surface area contributed by atoms with Gasteiger partial charge in [-0.25, -0.2) is 0 Å². The molecule has 1 aliphatic heterocycles. The van der Waals surface area contributed by atoms with Crippen molar-refractivity contribution < 1.29 is 9.53 Å². The topological polar surface area (TPSA) is 26.3 Å². The van der Waals surface area contributed by atoms with Gasteiger partial charge in [-0.1, -0.05) is 51.4 Å². The minimum Gasteiger partial charge on any atom is -0.469 e. The first-order valence-corrected chi connectivity index (χ1v) is 10.6. The van der Waals surface area contributed by atoms with E-state index in [-0.39, 0.29) is 16.0 Å². The van der Waals surface area contributed by atoms with E-state index in [4.69, 9.17) is 4.74 Å². The molecule has 122 valence electrons. The summed E-state index contributed by atoms with van der Waals surface area (Å²) in [5.41, 5.74) is 0. The van der Waals surface area contributed by atoms with Crippen LogP contribution in [0.3, 0.4) is 0 Å². The molecule has 1 aliphatic carbocycles. The van der Waals surface area contributed by atoms with E-state index in [9.17, 15) is 4.79 Å². The average molecular weight is 331 g/mol. The fraction of sp³-hybridized carbons (Fsp3) is 0.941. The third-order valence-corrected chi connectivity index (χ3v) is 8.41. The molecule has 0 N–H and O–H groups in total. The lowest BCUT2D eigenvalue weighted by atomic mass is 9.92. The van der Waals surface area contributed by atoms with Gasteiger partial charge in [0, 0.05) is 0 Å². The SMILES string of the molecule is COC(=O)C1CCCCCCCCCCC12SCCCS2. The van der Waals surface area contributed by atoms with Gasteiger partial charge in [0.15, 0.2) is 0 Å². The fourth-order valence-corrected chi connectivity index (χ4v) is 7.24. The number of thioether (sulfide) groups is 2. The van der Waals surface area contributed by atoms with Crippen molar-refractivity contribution in [2.45, 2.75) is 74.7 Å². The summed E-state index contributed by atoms with van der Waals surface area (Å²) in [5, 5.41) is 0. The quantitative estimate of drug-likeness (QED) is 0.613. The van der Waals surface area contributed by atoms with Crippen LogP contribution in [0.2, 0.25) is 0 Å². The number of ether oxygens (including phenoxy) is 1. The number of methoxy groups -OCH3 is 1. The lowest BCUT2D eigenvalue weighted by Crippen LogP contribution is -2.40. The highest BCUT2D eigenvalue weighted by molar-refractivity contribution is 8.18. The Morgan fingerprint density at radius 2 is 1.48 bits per heavy atom. The van der Waals surface area contributed by atoms with Crippen LogP contribution in [0, 0.1) is 5.92 Å². The Hall–Kier alpha value is 0.170. The first-order chi connectivity index (χ1) is 10.3. The molecule has 2 nitrogen and oxygen atoms in total. The lowest BCUT2D eigenvalue weighted by Gasteiger charge is -2.41. The van der Waals surface area contributed by atoms with Gasteiger partial charge in [0.25, 0.3) is 0 Å². The van der Waals surface area contributed by atoms with Crippen molar-refractivity contribution in [2.75, 3.05) is 18.6 Å². The Balaban J connectivity index is 2.11. The molecule has 21 heavy (non-hydrogen) atoms. The van der Waals surface area contributed by atoms with Gasteiger partial charge in [0.2, 0.25) is 0 Å². The van der Waals surface area contributed by atoms with Gasteiger partial charge in [0.05, 0.1) is 17.1 Å². The minimum absolute atomic E-state index is 0.0361. The summed E-state index contributed by atoms with van der Waals surface area (Å²) < 4.78 is 5.28. The Morgan fingerprint density at radius 3 is 2.10 bits per heavy atom. The van der Waals surface area contributed by atoms with Crippen LogP contribution in [0.15, 0.2) is 0 Å². The maximum atomic E-state index is 12.4. The summed E-state index contributed by atoms with van der Waals surface area (Å²) >= 11 is 4.10. The van der Waals surface area contributed by atoms with Gasteiger partial charge >= 0.3 is 5.97 Å². The maximum Gasteiger partial charge on any atom is 0.310 e. The molecule has 4 heteroatoms. The van der Waals surface area contributed by atoms with E-state index < -0.39 is 0 Å². The normalized spacial score (nSPS) is 28.3. The molecule has 1 unspecified atom stereocenters. The predicted octanol–water partition coefficient (Wildman–Crippen LogP) is 5.26. The molecule has 1 saturated heterocycles. The van der Waals surface area contributed by atoms with E-state index in [2.05, 4.69) is 23.5 Å². The molecular weight excluding hydrogens is 300 g/mol. The number of rotatable bonds is 1. The third kappa shape index (κ3) is 5.09. The van der Waals surface area contributed by atoms with Crippen molar-refractivity contribution in [1.29, 1.82) is 0 Å². The Kier molecular flexibility index (Phi) is 7.79. The third-order valence-electron chi connectivity index (χ3n) is 4.77. The summed E-state index contributed by atoms with van der Waals surface area (Å²) in [4.78, 5) is 12.4. The van der Waals surface area contributed by atoms with Gasteiger partial charge < -0.3 is 4.74 Å². The summed E-state index contributed by atoms with van der Waals surface area (Å²) in [5.74, 6) is 2.55. The second kappa shape index (κ2) is 9.34. The van der Waals surface area contributed by atoms with Crippen molar-refractivity contribution in [3.05, 3.63) is 0 Å². The first kappa shape index (κ1) is 17.5. The van der Waals surface area contributed by atoms with Crippen LogP contribution in [0.1, 0.15) is 70.6 Å². The minimum atomic E-state index is 0.0361. The van der Waals surface area contributed by atoms with E-state index in [1.807, 2.05) is 0 Å². The molecule has 0 aromatic heterocycles. The molecule has 0 aromatic carbocycles. The number of carbonyl (C=O) groups excluding carboxylic acids is 1. The molecule has 0 bridgehead atoms. The first-order valence-electron chi connectivity index (χ1n) is 8.64. The Bertz CT molecular complexity index is 314. The Labute approximate surface area is 138 Å². The van der Waals surface area contributed by atoms with Crippen molar-refractivity contribution >= 4 is 29.5 Å². The van der Waals surface area contributed by atoms with Crippen molar-refractivity contribution in [3.8, 4) is 0 Å². The summed E-state index contributed by atoms with van der Waals surface area (Å²) in [7, 11) is 1.56. The van der Waals surface area contributed by atoms with Gasteiger partial charge in [0.1, 0.15) is 0 Å². The smallest absolute Gasteiger partial charge is 0.310 e. The highest BCUT2D eigenvalue weighted by Gasteiger charge is 2.45. The Morgan fingerprint density at radius 1 is 0.905 bits per heavy atom. The highest BCUT2D eigenvalue weighted by Crippen LogP contribution is 2.52. The predicted molar refractivity (Wildman–Crippen MR) is 93.9 cm³/mol. The number of hydrogen-bond acceptors (Lipinski definition) is 4. The molecule has 2 rings (SSSR count). The van der Waals surface area contributed by atoms with Gasteiger partial charge in [-0.05, 0) is 30.8 Å². The second-order valence-electron chi connectivity index (χ2n) is 6.31. The van der Waals surface area contributed by atoms with E-state index >= 15 is 0 Å². The molecule has 1 spiro atoms. The molecule has 0 amide bonds. The average Bonchev–Trinajstić information content (AvgIpc) is 2.51. The largest absolute Gasteiger partial charge is 0.469 e. The van der Waals surface area contributed by atoms with Gasteiger partial charge in [-0.15, -0.1) is 23.5 Å². The lowest BCUT2D eigenvalue weighted by molar-refractivity contribution is -0.146. The van der Waals surface area contributed by atoms with E-state index in [1.165, 1.54) is 75.7 Å². The zero-order chi connectivity index (χ0) is 15.0. The van der Waals surface area contributed by atoms with Gasteiger partial charge in [-0.3, -0.25) is 4.79 Å². The standard InChI is InChI=1S/C17H30O2S2/c1-19-16(18)15-11-8-6-4-2-3-5-7-9-12-17(15)20-13-10-14-21-17/h15H,2-14H2,1H3. The van der Waals surface area contributed by atoms with Crippen LogP contribution in [0.25, 0.3) is 0 Å². The molecule has 0 radical (unpaired) electrons. The molecule has 1 saturated carbocycles.